The van der Waals surface area contributed by atoms with Gasteiger partial charge in [-0.2, -0.15) is 0 Å². The summed E-state index contributed by atoms with van der Waals surface area (Å²) in [7, 11) is 0. The molecule has 3 nitrogen and oxygen atoms in total. The topological polar surface area (TPSA) is 38.9 Å². The Balaban J connectivity index is 0.957. The second-order valence-electron chi connectivity index (χ2n) is 18.1. The number of nitrogens with zero attached hydrogens (tertiary/aromatic N) is 2. The molecule has 0 unspecified atom stereocenters. The van der Waals surface area contributed by atoms with Crippen LogP contribution in [0.2, 0.25) is 0 Å². The number of rotatable bonds is 3. The van der Waals surface area contributed by atoms with E-state index in [1.165, 1.54) is 86.7 Å². The van der Waals surface area contributed by atoms with Crippen molar-refractivity contribution in [3.05, 3.63) is 169 Å². The molecule has 5 aliphatic rings. The summed E-state index contributed by atoms with van der Waals surface area (Å²) in [6, 6.07) is 57.8. The minimum absolute atomic E-state index is 0.0666. The first kappa shape index (κ1) is 32.4. The molecule has 59 heavy (non-hydrogen) atoms. The fraction of sp³-hybridized carbons (Fsp3) is 0.179. The van der Waals surface area contributed by atoms with Crippen molar-refractivity contribution >= 4 is 54.4 Å². The molecule has 15 rings (SSSR count). The van der Waals surface area contributed by atoms with Crippen LogP contribution in [0.4, 0.5) is 0 Å². The Kier molecular flexibility index (Phi) is 6.46. The molecular weight excluding hydrogens is 717 g/mol. The molecule has 0 radical (unpaired) electrons. The summed E-state index contributed by atoms with van der Waals surface area (Å²) >= 11 is 0. The van der Waals surface area contributed by atoms with Gasteiger partial charge in [-0.3, -0.25) is 0 Å². The van der Waals surface area contributed by atoms with E-state index >= 15 is 0 Å². The molecule has 8 aromatic carbocycles. The number of benzene rings is 8. The van der Waals surface area contributed by atoms with E-state index in [4.69, 9.17) is 14.4 Å². The Morgan fingerprint density at radius 3 is 1.98 bits per heavy atom. The molecule has 0 amide bonds. The van der Waals surface area contributed by atoms with Crippen molar-refractivity contribution < 1.29 is 4.42 Å². The van der Waals surface area contributed by atoms with E-state index < -0.39 is 0 Å². The molecule has 0 aliphatic heterocycles. The van der Waals surface area contributed by atoms with Crippen LogP contribution in [0.25, 0.3) is 99.3 Å². The zero-order valence-electron chi connectivity index (χ0n) is 32.7. The van der Waals surface area contributed by atoms with Gasteiger partial charge in [0.2, 0.25) is 0 Å². The first-order valence-electron chi connectivity index (χ1n) is 21.6. The van der Waals surface area contributed by atoms with Gasteiger partial charge in [-0.25, -0.2) is 9.97 Å². The highest BCUT2D eigenvalue weighted by molar-refractivity contribution is 6.19. The fourth-order valence-corrected chi connectivity index (χ4v) is 13.1. The number of fused-ring (bicyclic) bond motifs is 11. The molecular formula is C56H40N2O. The van der Waals surface area contributed by atoms with Crippen LogP contribution >= 0.6 is 0 Å². The van der Waals surface area contributed by atoms with Crippen LogP contribution in [0.1, 0.15) is 43.2 Å². The van der Waals surface area contributed by atoms with Gasteiger partial charge in [0.25, 0.3) is 0 Å². The smallest absolute Gasteiger partial charge is 0.160 e. The van der Waals surface area contributed by atoms with E-state index in [2.05, 4.69) is 158 Å². The van der Waals surface area contributed by atoms with Crippen molar-refractivity contribution in [2.45, 2.75) is 37.5 Å². The number of furan rings is 1. The molecule has 2 heterocycles. The van der Waals surface area contributed by atoms with Crippen molar-refractivity contribution in [1.82, 2.24) is 9.97 Å². The molecule has 4 fully saturated rings. The van der Waals surface area contributed by atoms with Gasteiger partial charge in [0.15, 0.2) is 5.82 Å². The lowest BCUT2D eigenvalue weighted by molar-refractivity contribution is -0.0399. The zero-order chi connectivity index (χ0) is 38.4. The number of hydrogen-bond acceptors (Lipinski definition) is 3. The van der Waals surface area contributed by atoms with Crippen molar-refractivity contribution in [3.8, 4) is 44.9 Å². The van der Waals surface area contributed by atoms with Crippen molar-refractivity contribution in [2.75, 3.05) is 0 Å². The van der Waals surface area contributed by atoms with Crippen LogP contribution in [-0.4, -0.2) is 9.97 Å². The molecule has 5 aliphatic carbocycles. The van der Waals surface area contributed by atoms with Crippen LogP contribution in [0.15, 0.2) is 162 Å². The lowest BCUT2D eigenvalue weighted by Gasteiger charge is -2.61. The Bertz CT molecular complexity index is 3380. The maximum atomic E-state index is 6.95. The second kappa shape index (κ2) is 11.8. The van der Waals surface area contributed by atoms with Gasteiger partial charge in [-0.05, 0) is 135 Å². The lowest BCUT2D eigenvalue weighted by Crippen LogP contribution is -2.55. The molecule has 0 N–H and O–H groups in total. The summed E-state index contributed by atoms with van der Waals surface area (Å²) in [4.78, 5) is 10.5. The van der Waals surface area contributed by atoms with Crippen LogP contribution in [-0.2, 0) is 5.41 Å². The lowest BCUT2D eigenvalue weighted by atomic mass is 9.43. The number of aromatic nitrogens is 2. The summed E-state index contributed by atoms with van der Waals surface area (Å²) < 4.78 is 6.95. The Labute approximate surface area is 342 Å². The molecule has 4 saturated carbocycles. The van der Waals surface area contributed by atoms with Gasteiger partial charge in [0.05, 0.1) is 11.2 Å². The van der Waals surface area contributed by atoms with E-state index in [9.17, 15) is 0 Å². The normalized spacial score (nSPS) is 22.6. The molecule has 1 spiro atoms. The minimum atomic E-state index is 0.0666. The Morgan fingerprint density at radius 2 is 1.15 bits per heavy atom. The van der Waals surface area contributed by atoms with E-state index in [0.29, 0.717) is 11.8 Å². The summed E-state index contributed by atoms with van der Waals surface area (Å²) in [5.41, 5.74) is 14.5. The molecule has 2 aromatic heterocycles. The van der Waals surface area contributed by atoms with Gasteiger partial charge >= 0.3 is 0 Å². The minimum Gasteiger partial charge on any atom is -0.455 e. The monoisotopic (exact) mass is 756 g/mol. The van der Waals surface area contributed by atoms with Crippen LogP contribution in [0, 0.1) is 23.7 Å². The highest BCUT2D eigenvalue weighted by atomic mass is 16.3. The maximum absolute atomic E-state index is 6.95. The third-order valence-electron chi connectivity index (χ3n) is 15.2. The highest BCUT2D eigenvalue weighted by Gasteiger charge is 2.62. The average Bonchev–Trinajstić information content (AvgIpc) is 3.81. The van der Waals surface area contributed by atoms with Gasteiger partial charge < -0.3 is 4.42 Å². The summed E-state index contributed by atoms with van der Waals surface area (Å²) in [5, 5.41) is 8.33. The van der Waals surface area contributed by atoms with Gasteiger partial charge in [-0.15, -0.1) is 0 Å². The number of para-hydroxylation sites is 1. The first-order chi connectivity index (χ1) is 29.2. The van der Waals surface area contributed by atoms with E-state index in [1.54, 1.807) is 11.1 Å². The standard InChI is InChI=1S/C56H40N2O/c1-2-11-35(12-3-1)53-51-42-13-5-4-10-34(42)22-23-48(51)57-55(58-53)39-21-19-36-29-38(20-18-37(36)30-39)45-31-47-50(52-44-15-7-9-17-49(44)59-54(45)52)43-14-6-8-16-46(43)56(47)40-25-32-24-33(27-40)28-41(56)26-32/h1-23,29-33,40-41H,24-28H2. The third-order valence-corrected chi connectivity index (χ3v) is 15.2. The van der Waals surface area contributed by atoms with Crippen molar-refractivity contribution in [3.63, 3.8) is 0 Å². The molecule has 4 bridgehead atoms. The fourth-order valence-electron chi connectivity index (χ4n) is 13.1. The van der Waals surface area contributed by atoms with Crippen LogP contribution in [0.5, 0.6) is 0 Å². The molecule has 280 valence electrons. The van der Waals surface area contributed by atoms with Gasteiger partial charge in [0.1, 0.15) is 11.2 Å². The third kappa shape index (κ3) is 4.38. The highest BCUT2D eigenvalue weighted by Crippen LogP contribution is 2.70. The summed E-state index contributed by atoms with van der Waals surface area (Å²) in [5.74, 6) is 3.91. The largest absolute Gasteiger partial charge is 0.455 e. The number of hydrogen-bond donors (Lipinski definition) is 0. The van der Waals surface area contributed by atoms with Gasteiger partial charge in [0, 0.05) is 38.3 Å². The molecule has 3 heteroatoms. The SMILES string of the molecule is c1ccc(-c2nc(-c3ccc4cc(-c5cc6c(c7c5oc5ccccc57)-c5ccccc5C65C6CC7CC(C6)CC5C7)ccc4c3)nc3ccc4ccccc4c23)cc1. The predicted molar refractivity (Wildman–Crippen MR) is 241 cm³/mol. The molecule has 10 aromatic rings. The Hall–Kier alpha value is -6.58. The van der Waals surface area contributed by atoms with E-state index in [1.807, 2.05) is 0 Å². The second-order valence-corrected chi connectivity index (χ2v) is 18.1. The maximum Gasteiger partial charge on any atom is 0.160 e. The quantitative estimate of drug-likeness (QED) is 0.169. The van der Waals surface area contributed by atoms with Gasteiger partial charge in [-0.1, -0.05) is 127 Å². The summed E-state index contributed by atoms with van der Waals surface area (Å²) in [6.45, 7) is 0. The van der Waals surface area contributed by atoms with Crippen LogP contribution in [0.3, 0.4) is 0 Å². The van der Waals surface area contributed by atoms with E-state index in [0.717, 1.165) is 56.6 Å². The van der Waals surface area contributed by atoms with Crippen LogP contribution < -0.4 is 0 Å². The molecule has 0 saturated heterocycles. The Morgan fingerprint density at radius 1 is 0.475 bits per heavy atom. The van der Waals surface area contributed by atoms with Crippen molar-refractivity contribution in [2.24, 2.45) is 23.7 Å². The average molecular weight is 757 g/mol. The zero-order valence-corrected chi connectivity index (χ0v) is 32.7. The summed E-state index contributed by atoms with van der Waals surface area (Å²) in [6.07, 6.45) is 6.91. The predicted octanol–water partition coefficient (Wildman–Crippen LogP) is 14.6. The van der Waals surface area contributed by atoms with Crippen molar-refractivity contribution in [1.29, 1.82) is 0 Å². The van der Waals surface area contributed by atoms with E-state index in [-0.39, 0.29) is 5.41 Å². The first-order valence-corrected chi connectivity index (χ1v) is 21.6. The molecule has 0 atom stereocenters.